The van der Waals surface area contributed by atoms with Gasteiger partial charge < -0.3 is 15.0 Å². The van der Waals surface area contributed by atoms with Gasteiger partial charge in [0.2, 0.25) is 10.0 Å². The van der Waals surface area contributed by atoms with E-state index in [-0.39, 0.29) is 23.0 Å². The molecule has 184 valence electrons. The molecule has 0 spiro atoms. The van der Waals surface area contributed by atoms with Crippen LogP contribution in [0.25, 0.3) is 0 Å². The summed E-state index contributed by atoms with van der Waals surface area (Å²) in [5.41, 5.74) is 0.837. The van der Waals surface area contributed by atoms with Crippen LogP contribution in [-0.2, 0) is 19.6 Å². The van der Waals surface area contributed by atoms with Crippen molar-refractivity contribution in [2.75, 3.05) is 44.2 Å². The average Bonchev–Trinajstić information content (AvgIpc) is 3.37. The normalized spacial score (nSPS) is 17.4. The maximum absolute atomic E-state index is 13.0. The second-order valence-corrected chi connectivity index (χ2v) is 10.8. The van der Waals surface area contributed by atoms with Crippen LogP contribution < -0.4 is 10.2 Å². The topological polar surface area (TPSA) is 96.0 Å². The lowest BCUT2D eigenvalue weighted by Crippen LogP contribution is -2.34. The van der Waals surface area contributed by atoms with E-state index < -0.39 is 16.0 Å². The van der Waals surface area contributed by atoms with E-state index in [2.05, 4.69) is 10.2 Å². The molecule has 0 radical (unpaired) electrons. The Hall–Kier alpha value is -2.13. The van der Waals surface area contributed by atoms with Gasteiger partial charge in [0.1, 0.15) is 0 Å². The molecule has 8 nitrogen and oxygen atoms in total. The van der Waals surface area contributed by atoms with Gasteiger partial charge in [-0.25, -0.2) is 13.2 Å². The van der Waals surface area contributed by atoms with Gasteiger partial charge in [-0.2, -0.15) is 4.31 Å². The average molecular weight is 480 g/mol. The zero-order chi connectivity index (χ0) is 23.8. The fraction of sp³-hybridized carbons (Fsp3) is 0.667. The summed E-state index contributed by atoms with van der Waals surface area (Å²) in [5, 5.41) is 2.87. The monoisotopic (exact) mass is 479 g/mol. The van der Waals surface area contributed by atoms with Gasteiger partial charge in [-0.05, 0) is 49.8 Å². The van der Waals surface area contributed by atoms with Crippen LogP contribution in [0.2, 0.25) is 0 Å². The van der Waals surface area contributed by atoms with Crippen LogP contribution in [0.3, 0.4) is 0 Å². The van der Waals surface area contributed by atoms with Crippen molar-refractivity contribution in [3.63, 3.8) is 0 Å². The number of benzene rings is 1. The highest BCUT2D eigenvalue weighted by Crippen LogP contribution is 2.29. The van der Waals surface area contributed by atoms with Gasteiger partial charge in [-0.1, -0.05) is 33.1 Å². The molecule has 0 aromatic heterocycles. The van der Waals surface area contributed by atoms with E-state index in [1.54, 1.807) is 26.0 Å². The summed E-state index contributed by atoms with van der Waals surface area (Å²) in [7, 11) is -3.72. The minimum absolute atomic E-state index is 0.0582. The summed E-state index contributed by atoms with van der Waals surface area (Å²) >= 11 is 0. The highest BCUT2D eigenvalue weighted by Gasteiger charge is 2.27. The number of nitrogens with one attached hydrogen (secondary N) is 1. The van der Waals surface area contributed by atoms with Crippen molar-refractivity contribution in [2.24, 2.45) is 5.92 Å². The number of amides is 1. The molecule has 1 aromatic rings. The van der Waals surface area contributed by atoms with E-state index in [9.17, 15) is 18.0 Å². The van der Waals surface area contributed by atoms with Crippen LogP contribution in [0.1, 0.15) is 69.2 Å². The molecule has 3 rings (SSSR count). The van der Waals surface area contributed by atoms with Crippen molar-refractivity contribution < 1.29 is 22.7 Å². The zero-order valence-electron chi connectivity index (χ0n) is 19.8. The lowest BCUT2D eigenvalue weighted by atomic mass is 9.89. The molecule has 1 aliphatic heterocycles. The number of esters is 1. The first-order valence-electron chi connectivity index (χ1n) is 12.2. The number of sulfonamides is 1. The maximum atomic E-state index is 13.0. The number of hydrogen-bond acceptors (Lipinski definition) is 6. The molecule has 2 fully saturated rings. The molecule has 9 heteroatoms. The third-order valence-corrected chi connectivity index (χ3v) is 8.67. The lowest BCUT2D eigenvalue weighted by molar-refractivity contribution is -0.124. The van der Waals surface area contributed by atoms with Gasteiger partial charge in [0.05, 0.1) is 16.1 Å². The van der Waals surface area contributed by atoms with E-state index >= 15 is 0 Å². The third-order valence-electron chi connectivity index (χ3n) is 6.62. The van der Waals surface area contributed by atoms with Gasteiger partial charge in [0.15, 0.2) is 6.61 Å². The number of carbonyl (C=O) groups excluding carboxylic acids is 2. The summed E-state index contributed by atoms with van der Waals surface area (Å²) in [4.78, 5) is 27.4. The molecular weight excluding hydrogens is 442 g/mol. The van der Waals surface area contributed by atoms with Crippen molar-refractivity contribution in [2.45, 2.75) is 63.7 Å². The van der Waals surface area contributed by atoms with E-state index in [1.165, 1.54) is 29.6 Å². The number of hydrogen-bond donors (Lipinski definition) is 1. The number of ether oxygens (including phenoxy) is 1. The van der Waals surface area contributed by atoms with Gasteiger partial charge in [-0.15, -0.1) is 0 Å². The SMILES string of the molecule is CCN(CC)S(=O)(=O)c1ccc(N2CCCC2)c(C(=O)OCC(=O)NCC2CCCCC2)c1. The molecule has 1 amide bonds. The van der Waals surface area contributed by atoms with E-state index in [1.807, 2.05) is 0 Å². The Balaban J connectivity index is 1.72. The predicted octanol–water partition coefficient (Wildman–Crippen LogP) is 3.17. The van der Waals surface area contributed by atoms with Gasteiger partial charge >= 0.3 is 5.97 Å². The molecule has 1 N–H and O–H groups in total. The fourth-order valence-corrected chi connectivity index (χ4v) is 6.18. The van der Waals surface area contributed by atoms with E-state index in [4.69, 9.17) is 4.74 Å². The molecule has 1 aromatic carbocycles. The Morgan fingerprint density at radius 3 is 2.36 bits per heavy atom. The second-order valence-electron chi connectivity index (χ2n) is 8.85. The van der Waals surface area contributed by atoms with Crippen molar-refractivity contribution in [3.05, 3.63) is 23.8 Å². The summed E-state index contributed by atoms with van der Waals surface area (Å²) in [6.07, 6.45) is 7.91. The summed E-state index contributed by atoms with van der Waals surface area (Å²) in [6, 6.07) is 4.62. The largest absolute Gasteiger partial charge is 0.452 e. The highest BCUT2D eigenvalue weighted by molar-refractivity contribution is 7.89. The molecule has 0 unspecified atom stereocenters. The number of rotatable bonds is 10. The minimum Gasteiger partial charge on any atom is -0.452 e. The summed E-state index contributed by atoms with van der Waals surface area (Å²) < 4.78 is 32.7. The molecule has 1 saturated carbocycles. The van der Waals surface area contributed by atoms with Crippen LogP contribution in [0, 0.1) is 5.92 Å². The van der Waals surface area contributed by atoms with Gasteiger partial charge in [0, 0.05) is 32.7 Å². The van der Waals surface area contributed by atoms with Gasteiger partial charge in [0.25, 0.3) is 5.91 Å². The lowest BCUT2D eigenvalue weighted by Gasteiger charge is -2.23. The van der Waals surface area contributed by atoms with Gasteiger partial charge in [-0.3, -0.25) is 4.79 Å². The molecule has 1 heterocycles. The minimum atomic E-state index is -3.72. The van der Waals surface area contributed by atoms with Crippen molar-refractivity contribution in [1.29, 1.82) is 0 Å². The first kappa shape index (κ1) is 25.5. The van der Waals surface area contributed by atoms with Crippen LogP contribution in [-0.4, -0.2) is 63.9 Å². The smallest absolute Gasteiger partial charge is 0.340 e. The molecule has 33 heavy (non-hydrogen) atoms. The Morgan fingerprint density at radius 1 is 1.06 bits per heavy atom. The second kappa shape index (κ2) is 11.8. The van der Waals surface area contributed by atoms with Crippen molar-refractivity contribution in [1.82, 2.24) is 9.62 Å². The molecule has 1 saturated heterocycles. The van der Waals surface area contributed by atoms with Crippen LogP contribution in [0.4, 0.5) is 5.69 Å². The zero-order valence-corrected chi connectivity index (χ0v) is 20.7. The maximum Gasteiger partial charge on any atom is 0.340 e. The Bertz CT molecular complexity index is 918. The van der Waals surface area contributed by atoms with E-state index in [0.717, 1.165) is 38.8 Å². The number of nitrogens with zero attached hydrogens (tertiary/aromatic N) is 2. The predicted molar refractivity (Wildman–Crippen MR) is 128 cm³/mol. The Morgan fingerprint density at radius 2 is 1.73 bits per heavy atom. The van der Waals surface area contributed by atoms with Crippen molar-refractivity contribution in [3.8, 4) is 0 Å². The third kappa shape index (κ3) is 6.47. The Labute approximate surface area is 197 Å². The summed E-state index contributed by atoms with van der Waals surface area (Å²) in [5.74, 6) is -0.521. The number of carbonyl (C=O) groups is 2. The molecule has 2 aliphatic rings. The standard InChI is InChI=1S/C24H37N3O5S/c1-3-27(4-2)33(30,31)20-12-13-22(26-14-8-9-15-26)21(16-20)24(29)32-18-23(28)25-17-19-10-6-5-7-11-19/h12-13,16,19H,3-11,14-15,17-18H2,1-2H3,(H,25,28). The quantitative estimate of drug-likeness (QED) is 0.518. The van der Waals surface area contributed by atoms with Crippen LogP contribution in [0.15, 0.2) is 23.1 Å². The van der Waals surface area contributed by atoms with Crippen LogP contribution >= 0.6 is 0 Å². The fourth-order valence-electron chi connectivity index (χ4n) is 4.69. The molecular formula is C24H37N3O5S. The molecule has 0 bridgehead atoms. The molecule has 0 atom stereocenters. The van der Waals surface area contributed by atoms with Crippen LogP contribution in [0.5, 0.6) is 0 Å². The first-order chi connectivity index (χ1) is 15.9. The van der Waals surface area contributed by atoms with E-state index in [0.29, 0.717) is 31.2 Å². The first-order valence-corrected chi connectivity index (χ1v) is 13.6. The highest BCUT2D eigenvalue weighted by atomic mass is 32.2. The van der Waals surface area contributed by atoms with Crippen molar-refractivity contribution >= 4 is 27.6 Å². The molecule has 1 aliphatic carbocycles. The Kier molecular flexibility index (Phi) is 9.14. The summed E-state index contributed by atoms with van der Waals surface area (Å²) in [6.45, 7) is 6.06. The number of anilines is 1.